The third kappa shape index (κ3) is 5.46. The van der Waals surface area contributed by atoms with Gasteiger partial charge >= 0.3 is 0 Å². The first kappa shape index (κ1) is 14.9. The largest absolute Gasteiger partial charge is 0.354 e. The lowest BCUT2D eigenvalue weighted by Gasteiger charge is -2.16. The molecule has 7 heteroatoms. The van der Waals surface area contributed by atoms with Gasteiger partial charge in [-0.15, -0.1) is 0 Å². The van der Waals surface area contributed by atoms with Gasteiger partial charge in [-0.25, -0.2) is 0 Å². The van der Waals surface area contributed by atoms with Crippen molar-refractivity contribution >= 4 is 23.5 Å². The van der Waals surface area contributed by atoms with Crippen LogP contribution in [0.15, 0.2) is 0 Å². The maximum absolute atomic E-state index is 5.85. The van der Waals surface area contributed by atoms with Gasteiger partial charge in [-0.1, -0.05) is 0 Å². The molecule has 1 atom stereocenters. The van der Waals surface area contributed by atoms with Crippen molar-refractivity contribution in [2.75, 3.05) is 37.8 Å². The van der Waals surface area contributed by atoms with Gasteiger partial charge < -0.3 is 15.5 Å². The fraction of sp³-hybridized carbons (Fsp3) is 0.727. The monoisotopic (exact) mass is 272 g/mol. The number of aromatic nitrogens is 3. The van der Waals surface area contributed by atoms with Gasteiger partial charge in [0.2, 0.25) is 17.2 Å². The molecule has 1 rings (SSSR count). The summed E-state index contributed by atoms with van der Waals surface area (Å²) in [6.45, 7) is 5.82. The predicted molar refractivity (Wildman–Crippen MR) is 75.3 cm³/mol. The molecule has 0 fully saturated rings. The van der Waals surface area contributed by atoms with E-state index in [4.69, 9.17) is 11.6 Å². The predicted octanol–water partition coefficient (Wildman–Crippen LogP) is 1.71. The molecular weight excluding hydrogens is 252 g/mol. The molecule has 6 nitrogen and oxygen atoms in total. The van der Waals surface area contributed by atoms with E-state index in [2.05, 4.69) is 51.5 Å². The highest BCUT2D eigenvalue weighted by Crippen LogP contribution is 2.11. The minimum Gasteiger partial charge on any atom is -0.354 e. The Bertz CT molecular complexity index is 371. The molecule has 18 heavy (non-hydrogen) atoms. The maximum atomic E-state index is 5.85. The number of anilines is 2. The van der Waals surface area contributed by atoms with Crippen LogP contribution in [0.4, 0.5) is 11.9 Å². The molecule has 1 heterocycles. The van der Waals surface area contributed by atoms with Crippen LogP contribution in [-0.4, -0.2) is 53.1 Å². The van der Waals surface area contributed by atoms with E-state index in [1.165, 1.54) is 0 Å². The number of rotatable bonds is 7. The molecular formula is C11H21ClN6. The quantitative estimate of drug-likeness (QED) is 0.788. The van der Waals surface area contributed by atoms with Gasteiger partial charge in [-0.3, -0.25) is 0 Å². The highest BCUT2D eigenvalue weighted by Gasteiger charge is 2.08. The Morgan fingerprint density at radius 3 is 2.50 bits per heavy atom. The first-order valence-electron chi connectivity index (χ1n) is 6.08. The van der Waals surface area contributed by atoms with E-state index in [9.17, 15) is 0 Å². The van der Waals surface area contributed by atoms with Crippen LogP contribution in [0.2, 0.25) is 5.28 Å². The first-order chi connectivity index (χ1) is 8.51. The fourth-order valence-electron chi connectivity index (χ4n) is 1.40. The van der Waals surface area contributed by atoms with Gasteiger partial charge in [-0.2, -0.15) is 15.0 Å². The number of nitrogens with one attached hydrogen (secondary N) is 2. The minimum absolute atomic E-state index is 0.197. The number of halogens is 1. The highest BCUT2D eigenvalue weighted by molar-refractivity contribution is 6.28. The molecule has 1 aromatic heterocycles. The molecule has 0 bridgehead atoms. The van der Waals surface area contributed by atoms with Gasteiger partial charge in [0.05, 0.1) is 0 Å². The molecule has 1 unspecified atom stereocenters. The molecule has 0 aliphatic heterocycles. The Hall–Kier alpha value is -1.14. The zero-order valence-electron chi connectivity index (χ0n) is 11.4. The third-order valence-electron chi connectivity index (χ3n) is 2.33. The first-order valence-corrected chi connectivity index (χ1v) is 6.45. The van der Waals surface area contributed by atoms with Gasteiger partial charge in [-0.05, 0) is 52.5 Å². The molecule has 2 N–H and O–H groups in total. The van der Waals surface area contributed by atoms with Crippen LogP contribution in [0.1, 0.15) is 20.3 Å². The van der Waals surface area contributed by atoms with Crippen molar-refractivity contribution in [3.63, 3.8) is 0 Å². The minimum atomic E-state index is 0.197. The summed E-state index contributed by atoms with van der Waals surface area (Å²) in [7, 11) is 4.10. The zero-order chi connectivity index (χ0) is 13.5. The molecule has 0 aliphatic carbocycles. The summed E-state index contributed by atoms with van der Waals surface area (Å²) in [5, 5.41) is 6.44. The van der Waals surface area contributed by atoms with Crippen molar-refractivity contribution < 1.29 is 0 Å². The van der Waals surface area contributed by atoms with Crippen molar-refractivity contribution in [1.29, 1.82) is 0 Å². The van der Waals surface area contributed by atoms with Crippen LogP contribution in [-0.2, 0) is 0 Å². The van der Waals surface area contributed by atoms with Crippen molar-refractivity contribution in [1.82, 2.24) is 19.9 Å². The normalized spacial score (nSPS) is 12.6. The molecule has 0 saturated carbocycles. The second kappa shape index (κ2) is 7.33. The average molecular weight is 273 g/mol. The van der Waals surface area contributed by atoms with Crippen LogP contribution < -0.4 is 10.6 Å². The lowest BCUT2D eigenvalue weighted by Crippen LogP contribution is -2.24. The average Bonchev–Trinajstić information content (AvgIpc) is 2.26. The summed E-state index contributed by atoms with van der Waals surface area (Å²) in [5.41, 5.74) is 0. The molecule has 0 spiro atoms. The van der Waals surface area contributed by atoms with Gasteiger partial charge in [0.1, 0.15) is 0 Å². The van der Waals surface area contributed by atoms with Crippen LogP contribution in [0.5, 0.6) is 0 Å². The molecule has 1 aromatic rings. The smallest absolute Gasteiger partial charge is 0.229 e. The molecule has 102 valence electrons. The van der Waals surface area contributed by atoms with E-state index in [-0.39, 0.29) is 11.3 Å². The van der Waals surface area contributed by atoms with E-state index in [1.54, 1.807) is 0 Å². The van der Waals surface area contributed by atoms with Crippen molar-refractivity contribution in [2.45, 2.75) is 26.3 Å². The van der Waals surface area contributed by atoms with Crippen LogP contribution in [0.3, 0.4) is 0 Å². The van der Waals surface area contributed by atoms with E-state index in [0.717, 1.165) is 19.5 Å². The van der Waals surface area contributed by atoms with E-state index in [0.29, 0.717) is 11.9 Å². The van der Waals surface area contributed by atoms with Crippen molar-refractivity contribution in [3.05, 3.63) is 5.28 Å². The summed E-state index contributed by atoms with van der Waals surface area (Å²) in [6.07, 6.45) is 1.01. The van der Waals surface area contributed by atoms with Crippen LogP contribution in [0.25, 0.3) is 0 Å². The second-order valence-corrected chi connectivity index (χ2v) is 4.76. The standard InChI is InChI=1S/C11H21ClN6/c1-5-13-10-15-9(12)16-11(17-10)14-8(2)6-7-18(3)4/h8H,5-7H2,1-4H3,(H2,13,14,15,16,17). The summed E-state index contributed by atoms with van der Waals surface area (Å²) in [6, 6.07) is 0.278. The Labute approximate surface area is 113 Å². The van der Waals surface area contributed by atoms with Crippen molar-refractivity contribution in [3.8, 4) is 0 Å². The lowest BCUT2D eigenvalue weighted by atomic mass is 10.2. The van der Waals surface area contributed by atoms with Gasteiger partial charge in [0.15, 0.2) is 0 Å². The number of nitrogens with zero attached hydrogens (tertiary/aromatic N) is 4. The molecule has 0 aromatic carbocycles. The summed E-state index contributed by atoms with van der Waals surface area (Å²) in [4.78, 5) is 14.4. The molecule has 0 aliphatic rings. The SMILES string of the molecule is CCNc1nc(Cl)nc(NC(C)CCN(C)C)n1. The fourth-order valence-corrected chi connectivity index (χ4v) is 1.56. The van der Waals surface area contributed by atoms with E-state index < -0.39 is 0 Å². The number of hydrogen-bond donors (Lipinski definition) is 2. The lowest BCUT2D eigenvalue weighted by molar-refractivity contribution is 0.390. The zero-order valence-corrected chi connectivity index (χ0v) is 12.1. The van der Waals surface area contributed by atoms with Gasteiger partial charge in [0, 0.05) is 12.6 Å². The van der Waals surface area contributed by atoms with Crippen LogP contribution in [0, 0.1) is 0 Å². The van der Waals surface area contributed by atoms with Crippen molar-refractivity contribution in [2.24, 2.45) is 0 Å². The molecule has 0 amide bonds. The number of hydrogen-bond acceptors (Lipinski definition) is 6. The topological polar surface area (TPSA) is 66.0 Å². The Balaban J connectivity index is 2.60. The van der Waals surface area contributed by atoms with E-state index >= 15 is 0 Å². The highest BCUT2D eigenvalue weighted by atomic mass is 35.5. The Morgan fingerprint density at radius 1 is 1.22 bits per heavy atom. The molecule has 0 radical (unpaired) electrons. The summed E-state index contributed by atoms with van der Waals surface area (Å²) >= 11 is 5.85. The summed E-state index contributed by atoms with van der Waals surface area (Å²) in [5.74, 6) is 1.01. The Kier molecular flexibility index (Phi) is 6.07. The maximum Gasteiger partial charge on any atom is 0.229 e. The van der Waals surface area contributed by atoms with Gasteiger partial charge in [0.25, 0.3) is 0 Å². The summed E-state index contributed by atoms with van der Waals surface area (Å²) < 4.78 is 0. The molecule has 0 saturated heterocycles. The third-order valence-corrected chi connectivity index (χ3v) is 2.50. The Morgan fingerprint density at radius 2 is 1.89 bits per heavy atom. The van der Waals surface area contributed by atoms with E-state index in [1.807, 2.05) is 6.92 Å². The second-order valence-electron chi connectivity index (χ2n) is 4.42. The van der Waals surface area contributed by atoms with Crippen LogP contribution >= 0.6 is 11.6 Å².